The minimum Gasteiger partial charge on any atom is -0.462 e. The van der Waals surface area contributed by atoms with Gasteiger partial charge in [0.05, 0.1) is 23.4 Å². The van der Waals surface area contributed by atoms with E-state index in [-0.39, 0.29) is 18.7 Å². The van der Waals surface area contributed by atoms with Crippen molar-refractivity contribution in [3.63, 3.8) is 0 Å². The smallest absolute Gasteiger partial charge is 0.341 e. The number of fused-ring (bicyclic) bond motifs is 1. The maximum Gasteiger partial charge on any atom is 0.341 e. The third-order valence-electron chi connectivity index (χ3n) is 4.30. The Balaban J connectivity index is 1.82. The van der Waals surface area contributed by atoms with Crippen molar-refractivity contribution < 1.29 is 23.9 Å². The standard InChI is InChI=1S/C19H18N2O5S/c1-4-26-19(25)15-10(2)11(3)27-17(15)20-14(22)9-21-13-8-6-5-7-12(13)16(23)18(21)24/h5-8H,4,9H2,1-3H3,(H,20,22). The number of amides is 2. The molecule has 27 heavy (non-hydrogen) atoms. The summed E-state index contributed by atoms with van der Waals surface area (Å²) in [5, 5.41) is 3.05. The number of ether oxygens (including phenoxy) is 1. The van der Waals surface area contributed by atoms with Gasteiger partial charge < -0.3 is 10.1 Å². The van der Waals surface area contributed by atoms with Crippen LogP contribution in [-0.4, -0.2) is 36.7 Å². The minimum absolute atomic E-state index is 0.224. The first-order valence-corrected chi connectivity index (χ1v) is 9.19. The van der Waals surface area contributed by atoms with E-state index in [1.165, 1.54) is 11.3 Å². The average molecular weight is 386 g/mol. The van der Waals surface area contributed by atoms with E-state index >= 15 is 0 Å². The van der Waals surface area contributed by atoms with Gasteiger partial charge in [-0.3, -0.25) is 19.3 Å². The van der Waals surface area contributed by atoms with Gasteiger partial charge in [-0.2, -0.15) is 0 Å². The number of hydrogen-bond donors (Lipinski definition) is 1. The lowest BCUT2D eigenvalue weighted by molar-refractivity contribution is -0.118. The number of para-hydroxylation sites is 1. The Kier molecular flexibility index (Phi) is 5.09. The highest BCUT2D eigenvalue weighted by molar-refractivity contribution is 7.16. The van der Waals surface area contributed by atoms with Crippen LogP contribution in [0.2, 0.25) is 0 Å². The van der Waals surface area contributed by atoms with Crippen molar-refractivity contribution in [3.05, 3.63) is 45.8 Å². The molecular weight excluding hydrogens is 368 g/mol. The van der Waals surface area contributed by atoms with Crippen LogP contribution in [0.25, 0.3) is 0 Å². The summed E-state index contributed by atoms with van der Waals surface area (Å²) in [6.45, 7) is 5.24. The van der Waals surface area contributed by atoms with Gasteiger partial charge in [-0.25, -0.2) is 4.79 Å². The number of esters is 1. The van der Waals surface area contributed by atoms with Crippen LogP contribution in [-0.2, 0) is 14.3 Å². The van der Waals surface area contributed by atoms with Gasteiger partial charge in [-0.05, 0) is 38.5 Å². The molecule has 0 saturated carbocycles. The molecular formula is C19H18N2O5S. The fourth-order valence-electron chi connectivity index (χ4n) is 2.88. The summed E-state index contributed by atoms with van der Waals surface area (Å²) >= 11 is 1.27. The Morgan fingerprint density at radius 2 is 1.89 bits per heavy atom. The molecule has 1 aliphatic heterocycles. The summed E-state index contributed by atoms with van der Waals surface area (Å²) in [4.78, 5) is 51.0. The number of thiophene rings is 1. The molecule has 0 spiro atoms. The molecule has 2 heterocycles. The van der Waals surface area contributed by atoms with Crippen molar-refractivity contribution in [2.75, 3.05) is 23.4 Å². The Hall–Kier alpha value is -3.00. The Morgan fingerprint density at radius 1 is 1.19 bits per heavy atom. The molecule has 140 valence electrons. The highest BCUT2D eigenvalue weighted by atomic mass is 32.1. The molecule has 0 aliphatic carbocycles. The lowest BCUT2D eigenvalue weighted by atomic mass is 10.1. The van der Waals surface area contributed by atoms with Crippen molar-refractivity contribution in [1.29, 1.82) is 0 Å². The van der Waals surface area contributed by atoms with Crippen molar-refractivity contribution >= 4 is 45.6 Å². The Morgan fingerprint density at radius 3 is 2.59 bits per heavy atom. The van der Waals surface area contributed by atoms with Crippen LogP contribution in [0.4, 0.5) is 10.7 Å². The SMILES string of the molecule is CCOC(=O)c1c(NC(=O)CN2C(=O)C(=O)c3ccccc32)sc(C)c1C. The maximum absolute atomic E-state index is 12.5. The topological polar surface area (TPSA) is 92.8 Å². The monoisotopic (exact) mass is 386 g/mol. The molecule has 0 unspecified atom stereocenters. The van der Waals surface area contributed by atoms with E-state index in [1.54, 1.807) is 38.1 Å². The number of carbonyl (C=O) groups is 4. The summed E-state index contributed by atoms with van der Waals surface area (Å²) in [7, 11) is 0. The van der Waals surface area contributed by atoms with E-state index in [1.807, 2.05) is 6.92 Å². The number of anilines is 2. The fourth-order valence-corrected chi connectivity index (χ4v) is 3.94. The molecule has 1 aliphatic rings. The lowest BCUT2D eigenvalue weighted by Crippen LogP contribution is -2.37. The summed E-state index contributed by atoms with van der Waals surface area (Å²) in [5.41, 5.74) is 1.75. The number of hydrogen-bond acceptors (Lipinski definition) is 6. The van der Waals surface area contributed by atoms with E-state index in [4.69, 9.17) is 4.74 Å². The van der Waals surface area contributed by atoms with E-state index in [9.17, 15) is 19.2 Å². The van der Waals surface area contributed by atoms with Crippen molar-refractivity contribution in [2.45, 2.75) is 20.8 Å². The first kappa shape index (κ1) is 18.8. The van der Waals surface area contributed by atoms with Crippen LogP contribution in [0.15, 0.2) is 24.3 Å². The second kappa shape index (κ2) is 7.32. The summed E-state index contributed by atoms with van der Waals surface area (Å²) < 4.78 is 5.06. The molecule has 3 rings (SSSR count). The molecule has 0 atom stereocenters. The van der Waals surface area contributed by atoms with Gasteiger partial charge in [0, 0.05) is 4.88 Å². The third-order valence-corrected chi connectivity index (χ3v) is 5.42. The van der Waals surface area contributed by atoms with Crippen molar-refractivity contribution in [1.82, 2.24) is 0 Å². The molecule has 2 amide bonds. The molecule has 0 saturated heterocycles. The largest absolute Gasteiger partial charge is 0.462 e. The summed E-state index contributed by atoms with van der Waals surface area (Å²) in [6.07, 6.45) is 0. The molecule has 0 radical (unpaired) electrons. The molecule has 7 nitrogen and oxygen atoms in total. The molecule has 1 aromatic heterocycles. The zero-order chi connectivity index (χ0) is 19.7. The van der Waals surface area contributed by atoms with Gasteiger partial charge >= 0.3 is 5.97 Å². The van der Waals surface area contributed by atoms with Crippen LogP contribution in [0, 0.1) is 13.8 Å². The van der Waals surface area contributed by atoms with Gasteiger partial charge in [0.25, 0.3) is 11.7 Å². The number of benzene rings is 1. The number of Topliss-reactive ketones (excluding diaryl/α,β-unsaturated/α-hetero) is 1. The quantitative estimate of drug-likeness (QED) is 0.630. The third kappa shape index (κ3) is 3.35. The maximum atomic E-state index is 12.5. The van der Waals surface area contributed by atoms with Crippen molar-refractivity contribution in [2.24, 2.45) is 0 Å². The second-order valence-corrected chi connectivity index (χ2v) is 7.22. The van der Waals surface area contributed by atoms with Gasteiger partial charge in [0.1, 0.15) is 11.5 Å². The molecule has 8 heteroatoms. The molecule has 0 bridgehead atoms. The zero-order valence-corrected chi connectivity index (χ0v) is 15.9. The number of nitrogens with zero attached hydrogens (tertiary/aromatic N) is 1. The number of aryl methyl sites for hydroxylation is 1. The Labute approximate surface area is 159 Å². The van der Waals surface area contributed by atoms with Gasteiger partial charge in [-0.15, -0.1) is 11.3 Å². The van der Waals surface area contributed by atoms with Crippen LogP contribution in [0.1, 0.15) is 38.1 Å². The number of carbonyl (C=O) groups excluding carboxylic acids is 4. The van der Waals surface area contributed by atoms with E-state index in [0.717, 1.165) is 15.3 Å². The number of ketones is 1. The zero-order valence-electron chi connectivity index (χ0n) is 15.1. The van der Waals surface area contributed by atoms with E-state index in [2.05, 4.69) is 5.32 Å². The lowest BCUT2D eigenvalue weighted by Gasteiger charge is -2.16. The van der Waals surface area contributed by atoms with E-state index in [0.29, 0.717) is 16.3 Å². The van der Waals surface area contributed by atoms with E-state index < -0.39 is 23.6 Å². The van der Waals surface area contributed by atoms with Crippen LogP contribution >= 0.6 is 11.3 Å². The fraction of sp³-hybridized carbons (Fsp3) is 0.263. The molecule has 2 aromatic rings. The number of rotatable bonds is 5. The predicted molar refractivity (Wildman–Crippen MR) is 102 cm³/mol. The van der Waals surface area contributed by atoms with Crippen LogP contribution < -0.4 is 10.2 Å². The Bertz CT molecular complexity index is 963. The van der Waals surface area contributed by atoms with Crippen LogP contribution in [0.5, 0.6) is 0 Å². The predicted octanol–water partition coefficient (Wildman–Crippen LogP) is 2.71. The van der Waals surface area contributed by atoms with Gasteiger partial charge in [0.2, 0.25) is 5.91 Å². The normalized spacial score (nSPS) is 12.9. The number of nitrogens with one attached hydrogen (secondary N) is 1. The van der Waals surface area contributed by atoms with Gasteiger partial charge in [0.15, 0.2) is 0 Å². The van der Waals surface area contributed by atoms with Crippen LogP contribution in [0.3, 0.4) is 0 Å². The molecule has 0 fully saturated rings. The highest BCUT2D eigenvalue weighted by Gasteiger charge is 2.36. The first-order chi connectivity index (χ1) is 12.8. The van der Waals surface area contributed by atoms with Gasteiger partial charge in [-0.1, -0.05) is 12.1 Å². The summed E-state index contributed by atoms with van der Waals surface area (Å²) in [6, 6.07) is 6.53. The average Bonchev–Trinajstić information content (AvgIpc) is 3.04. The minimum atomic E-state index is -0.740. The molecule has 1 N–H and O–H groups in total. The molecule has 1 aromatic carbocycles. The first-order valence-electron chi connectivity index (χ1n) is 8.37. The van der Waals surface area contributed by atoms with Crippen molar-refractivity contribution in [3.8, 4) is 0 Å². The highest BCUT2D eigenvalue weighted by Crippen LogP contribution is 2.33. The summed E-state index contributed by atoms with van der Waals surface area (Å²) in [5.74, 6) is -2.38. The second-order valence-electron chi connectivity index (χ2n) is 5.99.